The van der Waals surface area contributed by atoms with Gasteiger partial charge >= 0.3 is 0 Å². The lowest BCUT2D eigenvalue weighted by Gasteiger charge is -2.30. The third kappa shape index (κ3) is 3.18. The summed E-state index contributed by atoms with van der Waals surface area (Å²) in [7, 11) is 0. The minimum atomic E-state index is -0.490. The van der Waals surface area contributed by atoms with Crippen LogP contribution in [0.15, 0.2) is 46.9 Å². The number of amides is 2. The normalized spacial score (nSPS) is 17.6. The Hall–Kier alpha value is -2.82. The first kappa shape index (κ1) is 17.6. The van der Waals surface area contributed by atoms with Crippen molar-refractivity contribution in [3.05, 3.63) is 42.5 Å². The highest BCUT2D eigenvalue weighted by molar-refractivity contribution is 6.07. The first-order valence-corrected chi connectivity index (χ1v) is 9.38. The molecule has 0 saturated carbocycles. The molecule has 1 aromatic heterocycles. The van der Waals surface area contributed by atoms with Crippen LogP contribution in [-0.4, -0.2) is 29.3 Å². The number of carbonyl (C=O) groups excluding carboxylic acids is 2. The second-order valence-electron chi connectivity index (χ2n) is 8.20. The largest absolute Gasteiger partial charge is 0.456 e. The number of hydrogen-bond donors (Lipinski definition) is 1. The molecule has 1 aliphatic heterocycles. The van der Waals surface area contributed by atoms with Crippen molar-refractivity contribution in [2.45, 2.75) is 39.7 Å². The van der Waals surface area contributed by atoms with Gasteiger partial charge in [-0.3, -0.25) is 9.59 Å². The lowest BCUT2D eigenvalue weighted by Crippen LogP contribution is -2.47. The molecule has 5 nitrogen and oxygen atoms in total. The highest BCUT2D eigenvalue weighted by Crippen LogP contribution is 2.31. The van der Waals surface area contributed by atoms with Crippen LogP contribution in [-0.2, 0) is 9.59 Å². The average molecular weight is 364 g/mol. The van der Waals surface area contributed by atoms with Gasteiger partial charge in [0.25, 0.3) is 0 Å². The maximum atomic E-state index is 12.8. The highest BCUT2D eigenvalue weighted by Gasteiger charge is 2.38. The van der Waals surface area contributed by atoms with E-state index in [0.29, 0.717) is 18.7 Å². The summed E-state index contributed by atoms with van der Waals surface area (Å²) in [6.07, 6.45) is 1.54. The summed E-state index contributed by atoms with van der Waals surface area (Å²) in [6.45, 7) is 6.30. The molecule has 4 rings (SSSR count). The summed E-state index contributed by atoms with van der Waals surface area (Å²) in [5.41, 5.74) is 1.76. The minimum Gasteiger partial charge on any atom is -0.456 e. The van der Waals surface area contributed by atoms with Crippen molar-refractivity contribution in [2.24, 2.45) is 5.41 Å². The fourth-order valence-electron chi connectivity index (χ4n) is 3.74. The molecule has 0 bridgehead atoms. The number of nitrogens with zero attached hydrogens (tertiary/aromatic N) is 1. The number of para-hydroxylation sites is 1. The zero-order valence-corrected chi connectivity index (χ0v) is 15.9. The molecular formula is C22H24N2O3. The molecule has 0 aliphatic carbocycles. The van der Waals surface area contributed by atoms with Crippen LogP contribution in [0, 0.1) is 5.41 Å². The van der Waals surface area contributed by atoms with Crippen LogP contribution in [0.5, 0.6) is 0 Å². The van der Waals surface area contributed by atoms with Gasteiger partial charge in [0.2, 0.25) is 11.8 Å². The van der Waals surface area contributed by atoms with E-state index in [1.165, 1.54) is 0 Å². The molecule has 1 saturated heterocycles. The predicted octanol–water partition coefficient (Wildman–Crippen LogP) is 4.56. The lowest BCUT2D eigenvalue weighted by atomic mass is 9.94. The number of rotatable bonds is 2. The van der Waals surface area contributed by atoms with Crippen LogP contribution in [0.1, 0.15) is 33.6 Å². The summed E-state index contributed by atoms with van der Waals surface area (Å²) < 4.78 is 5.89. The van der Waals surface area contributed by atoms with Crippen molar-refractivity contribution in [1.82, 2.24) is 4.90 Å². The topological polar surface area (TPSA) is 62.6 Å². The maximum Gasteiger partial charge on any atom is 0.247 e. The van der Waals surface area contributed by atoms with Gasteiger partial charge in [-0.2, -0.15) is 0 Å². The average Bonchev–Trinajstić information content (AvgIpc) is 3.24. The van der Waals surface area contributed by atoms with Crippen molar-refractivity contribution < 1.29 is 14.0 Å². The maximum absolute atomic E-state index is 12.8. The van der Waals surface area contributed by atoms with Gasteiger partial charge in [0.1, 0.15) is 17.2 Å². The molecular weight excluding hydrogens is 340 g/mol. The summed E-state index contributed by atoms with van der Waals surface area (Å²) in [4.78, 5) is 27.2. The molecule has 2 heterocycles. The Kier molecular flexibility index (Phi) is 4.17. The smallest absolute Gasteiger partial charge is 0.247 e. The van der Waals surface area contributed by atoms with Gasteiger partial charge < -0.3 is 14.6 Å². The molecule has 3 aromatic rings. The molecule has 1 fully saturated rings. The Morgan fingerprint density at radius 1 is 1.07 bits per heavy atom. The number of likely N-dealkylation sites (tertiary alicyclic amines) is 1. The van der Waals surface area contributed by atoms with E-state index in [9.17, 15) is 9.59 Å². The van der Waals surface area contributed by atoms with Gasteiger partial charge in [-0.1, -0.05) is 39.0 Å². The van der Waals surface area contributed by atoms with Crippen LogP contribution >= 0.6 is 0 Å². The second-order valence-corrected chi connectivity index (χ2v) is 8.20. The van der Waals surface area contributed by atoms with E-state index < -0.39 is 11.5 Å². The molecule has 5 heteroatoms. The standard InChI is InChI=1S/C22H24N2O3/c1-22(2,3)21(26)24-12-6-8-17(24)20(25)23-14-10-11-16-15-7-4-5-9-18(15)27-19(16)13-14/h4-5,7,9-11,13,17H,6,8,12H2,1-3H3,(H,23,25). The second kappa shape index (κ2) is 6.41. The van der Waals surface area contributed by atoms with E-state index in [1.807, 2.05) is 63.2 Å². The number of benzene rings is 2. The first-order chi connectivity index (χ1) is 12.8. The third-order valence-corrected chi connectivity index (χ3v) is 5.10. The van der Waals surface area contributed by atoms with E-state index in [-0.39, 0.29) is 11.8 Å². The van der Waals surface area contributed by atoms with Gasteiger partial charge in [0.05, 0.1) is 0 Å². The molecule has 1 aliphatic rings. The molecule has 1 N–H and O–H groups in total. The van der Waals surface area contributed by atoms with Gasteiger partial charge in [-0.25, -0.2) is 0 Å². The van der Waals surface area contributed by atoms with Crippen molar-refractivity contribution in [3.8, 4) is 0 Å². The summed E-state index contributed by atoms with van der Waals surface area (Å²) >= 11 is 0. The monoisotopic (exact) mass is 364 g/mol. The zero-order valence-electron chi connectivity index (χ0n) is 15.9. The Labute approximate surface area is 158 Å². The Morgan fingerprint density at radius 2 is 1.81 bits per heavy atom. The van der Waals surface area contributed by atoms with Crippen LogP contribution in [0.25, 0.3) is 21.9 Å². The fraction of sp³-hybridized carbons (Fsp3) is 0.364. The Balaban J connectivity index is 1.57. The molecule has 2 amide bonds. The van der Waals surface area contributed by atoms with Crippen molar-refractivity contribution in [1.29, 1.82) is 0 Å². The fourth-order valence-corrected chi connectivity index (χ4v) is 3.74. The quantitative estimate of drug-likeness (QED) is 0.725. The SMILES string of the molecule is CC(C)(C)C(=O)N1CCCC1C(=O)Nc1ccc2c(c1)oc1ccccc12. The number of nitrogens with one attached hydrogen (secondary N) is 1. The molecule has 1 unspecified atom stereocenters. The molecule has 140 valence electrons. The Bertz CT molecular complexity index is 1030. The van der Waals surface area contributed by atoms with Crippen molar-refractivity contribution >= 4 is 39.4 Å². The summed E-state index contributed by atoms with van der Waals surface area (Å²) in [5, 5.41) is 5.04. The van der Waals surface area contributed by atoms with Crippen LogP contribution < -0.4 is 5.32 Å². The lowest BCUT2D eigenvalue weighted by molar-refractivity contribution is -0.143. The van der Waals surface area contributed by atoms with Crippen molar-refractivity contribution in [2.75, 3.05) is 11.9 Å². The molecule has 2 aromatic carbocycles. The highest BCUT2D eigenvalue weighted by atomic mass is 16.3. The zero-order chi connectivity index (χ0) is 19.2. The summed E-state index contributed by atoms with van der Waals surface area (Å²) in [5.74, 6) is -0.117. The Morgan fingerprint density at radius 3 is 2.59 bits per heavy atom. The van der Waals surface area contributed by atoms with Gasteiger partial charge in [-0.15, -0.1) is 0 Å². The number of fused-ring (bicyclic) bond motifs is 3. The number of carbonyl (C=O) groups is 2. The van der Waals surface area contributed by atoms with Crippen LogP contribution in [0.3, 0.4) is 0 Å². The molecule has 0 radical (unpaired) electrons. The van der Waals surface area contributed by atoms with Crippen molar-refractivity contribution in [3.63, 3.8) is 0 Å². The van der Waals surface area contributed by atoms with Gasteiger partial charge in [0.15, 0.2) is 0 Å². The number of furan rings is 1. The molecule has 0 spiro atoms. The third-order valence-electron chi connectivity index (χ3n) is 5.10. The number of anilines is 1. The predicted molar refractivity (Wildman–Crippen MR) is 107 cm³/mol. The number of hydrogen-bond acceptors (Lipinski definition) is 3. The van der Waals surface area contributed by atoms with E-state index in [0.717, 1.165) is 28.4 Å². The minimum absolute atomic E-state index is 0.0212. The van der Waals surface area contributed by atoms with E-state index in [1.54, 1.807) is 4.90 Å². The van der Waals surface area contributed by atoms with Crippen LogP contribution in [0.2, 0.25) is 0 Å². The first-order valence-electron chi connectivity index (χ1n) is 9.38. The van der Waals surface area contributed by atoms with E-state index in [4.69, 9.17) is 4.42 Å². The van der Waals surface area contributed by atoms with Gasteiger partial charge in [0, 0.05) is 34.5 Å². The van der Waals surface area contributed by atoms with Gasteiger partial charge in [-0.05, 0) is 31.0 Å². The van der Waals surface area contributed by atoms with Crippen LogP contribution in [0.4, 0.5) is 5.69 Å². The van der Waals surface area contributed by atoms with E-state index >= 15 is 0 Å². The molecule has 1 atom stereocenters. The summed E-state index contributed by atoms with van der Waals surface area (Å²) in [6, 6.07) is 13.1. The molecule has 27 heavy (non-hydrogen) atoms. The van der Waals surface area contributed by atoms with E-state index in [2.05, 4.69) is 5.32 Å².